The minimum atomic E-state index is -0.566. The van der Waals surface area contributed by atoms with Crippen LogP contribution in [0.15, 0.2) is 18.2 Å². The Morgan fingerprint density at radius 3 is 2.62 bits per heavy atom. The number of anilines is 1. The highest BCUT2D eigenvalue weighted by Gasteiger charge is 2.16. The fraction of sp³-hybridized carbons (Fsp3) is 0.429. The SMILES string of the molecule is CC(C)CNC(=O)C(C)Nc1ccc([N+](=O)[O-])cc1C#N. The zero-order chi connectivity index (χ0) is 16.0. The second-order valence-electron chi connectivity index (χ2n) is 5.10. The number of nitrogens with zero attached hydrogens (tertiary/aromatic N) is 2. The Balaban J connectivity index is 2.81. The molecule has 0 radical (unpaired) electrons. The van der Waals surface area contributed by atoms with Gasteiger partial charge in [0.15, 0.2) is 0 Å². The lowest BCUT2D eigenvalue weighted by molar-refractivity contribution is -0.384. The summed E-state index contributed by atoms with van der Waals surface area (Å²) >= 11 is 0. The monoisotopic (exact) mass is 290 g/mol. The maximum atomic E-state index is 11.9. The molecule has 0 aliphatic rings. The number of benzene rings is 1. The number of carbonyl (C=O) groups is 1. The Morgan fingerprint density at radius 1 is 1.43 bits per heavy atom. The number of amides is 1. The zero-order valence-electron chi connectivity index (χ0n) is 12.2. The topological polar surface area (TPSA) is 108 Å². The summed E-state index contributed by atoms with van der Waals surface area (Å²) in [7, 11) is 0. The molecule has 2 N–H and O–H groups in total. The first-order valence-electron chi connectivity index (χ1n) is 6.58. The highest BCUT2D eigenvalue weighted by atomic mass is 16.6. The molecule has 0 saturated carbocycles. The molecule has 0 aliphatic carbocycles. The van der Waals surface area contributed by atoms with E-state index in [2.05, 4.69) is 10.6 Å². The molecule has 0 saturated heterocycles. The predicted molar refractivity (Wildman–Crippen MR) is 78.7 cm³/mol. The van der Waals surface area contributed by atoms with Crippen LogP contribution in [0, 0.1) is 27.4 Å². The van der Waals surface area contributed by atoms with E-state index in [-0.39, 0.29) is 17.2 Å². The van der Waals surface area contributed by atoms with Gasteiger partial charge in [0.05, 0.1) is 16.2 Å². The molecule has 1 unspecified atom stereocenters. The van der Waals surface area contributed by atoms with Gasteiger partial charge < -0.3 is 10.6 Å². The van der Waals surface area contributed by atoms with Gasteiger partial charge in [-0.2, -0.15) is 5.26 Å². The van der Waals surface area contributed by atoms with Crippen LogP contribution in [0.2, 0.25) is 0 Å². The van der Waals surface area contributed by atoms with E-state index in [1.54, 1.807) is 6.92 Å². The first-order valence-corrected chi connectivity index (χ1v) is 6.58. The van der Waals surface area contributed by atoms with Crippen molar-refractivity contribution in [2.45, 2.75) is 26.8 Å². The van der Waals surface area contributed by atoms with Crippen molar-refractivity contribution in [3.05, 3.63) is 33.9 Å². The molecule has 1 aromatic carbocycles. The molecule has 1 rings (SSSR count). The molecule has 21 heavy (non-hydrogen) atoms. The molecule has 0 fully saturated rings. The molecule has 1 atom stereocenters. The van der Waals surface area contributed by atoms with E-state index < -0.39 is 11.0 Å². The van der Waals surface area contributed by atoms with Crippen molar-refractivity contribution in [3.8, 4) is 6.07 Å². The standard InChI is InChI=1S/C14H18N4O3/c1-9(2)8-16-14(19)10(3)17-13-5-4-12(18(20)21)6-11(13)7-15/h4-6,9-10,17H,8H2,1-3H3,(H,16,19). The Labute approximate surface area is 123 Å². The quantitative estimate of drug-likeness (QED) is 0.615. The Hall–Kier alpha value is -2.62. The Morgan fingerprint density at radius 2 is 2.10 bits per heavy atom. The van der Waals surface area contributed by atoms with Crippen LogP contribution in [0.3, 0.4) is 0 Å². The fourth-order valence-electron chi connectivity index (χ4n) is 1.62. The highest BCUT2D eigenvalue weighted by molar-refractivity contribution is 5.84. The van der Waals surface area contributed by atoms with Gasteiger partial charge in [-0.15, -0.1) is 0 Å². The van der Waals surface area contributed by atoms with E-state index >= 15 is 0 Å². The lowest BCUT2D eigenvalue weighted by atomic mass is 10.1. The van der Waals surface area contributed by atoms with E-state index in [1.165, 1.54) is 18.2 Å². The van der Waals surface area contributed by atoms with E-state index in [1.807, 2.05) is 19.9 Å². The molecule has 0 bridgehead atoms. The summed E-state index contributed by atoms with van der Waals surface area (Å²) in [6.45, 7) is 6.21. The molecule has 112 valence electrons. The van der Waals surface area contributed by atoms with Crippen molar-refractivity contribution in [1.82, 2.24) is 5.32 Å². The van der Waals surface area contributed by atoms with Crippen molar-refractivity contribution in [3.63, 3.8) is 0 Å². The summed E-state index contributed by atoms with van der Waals surface area (Å²) in [5, 5.41) is 25.4. The van der Waals surface area contributed by atoms with E-state index in [0.717, 1.165) is 0 Å². The van der Waals surface area contributed by atoms with Gasteiger partial charge in [0.25, 0.3) is 5.69 Å². The third-order valence-electron chi connectivity index (χ3n) is 2.78. The van der Waals surface area contributed by atoms with Crippen LogP contribution in [0.25, 0.3) is 0 Å². The summed E-state index contributed by atoms with van der Waals surface area (Å²) in [5.41, 5.74) is 0.372. The third-order valence-corrected chi connectivity index (χ3v) is 2.78. The minimum absolute atomic E-state index is 0.132. The lowest BCUT2D eigenvalue weighted by Gasteiger charge is -2.16. The highest BCUT2D eigenvalue weighted by Crippen LogP contribution is 2.22. The molecule has 7 heteroatoms. The van der Waals surface area contributed by atoms with E-state index in [0.29, 0.717) is 18.2 Å². The molecule has 0 aromatic heterocycles. The van der Waals surface area contributed by atoms with Crippen molar-refractivity contribution >= 4 is 17.3 Å². The normalized spacial score (nSPS) is 11.6. The van der Waals surface area contributed by atoms with Crippen LogP contribution in [0.4, 0.5) is 11.4 Å². The van der Waals surface area contributed by atoms with Gasteiger partial charge in [-0.1, -0.05) is 13.8 Å². The maximum Gasteiger partial charge on any atom is 0.270 e. The smallest absolute Gasteiger partial charge is 0.270 e. The number of nitriles is 1. The summed E-state index contributed by atoms with van der Waals surface area (Å²) in [4.78, 5) is 22.0. The van der Waals surface area contributed by atoms with Gasteiger partial charge in [-0.05, 0) is 18.9 Å². The molecule has 0 spiro atoms. The molecular formula is C14H18N4O3. The predicted octanol–water partition coefficient (Wildman–Crippen LogP) is 2.04. The molecule has 0 aliphatic heterocycles. The molecule has 1 aromatic rings. The second kappa shape index (κ2) is 7.24. The molecule has 0 heterocycles. The maximum absolute atomic E-state index is 11.9. The number of non-ortho nitro benzene ring substituents is 1. The van der Waals surface area contributed by atoms with E-state index in [9.17, 15) is 14.9 Å². The number of nitrogens with one attached hydrogen (secondary N) is 2. The number of nitro benzene ring substituents is 1. The van der Waals surface area contributed by atoms with Gasteiger partial charge in [0.1, 0.15) is 12.1 Å². The number of hydrogen-bond donors (Lipinski definition) is 2. The summed E-state index contributed by atoms with van der Waals surface area (Å²) in [5.74, 6) is 0.154. The van der Waals surface area contributed by atoms with Gasteiger partial charge in [0, 0.05) is 18.7 Å². The number of nitro groups is 1. The average molecular weight is 290 g/mol. The lowest BCUT2D eigenvalue weighted by Crippen LogP contribution is -2.39. The number of carbonyl (C=O) groups excluding carboxylic acids is 1. The number of hydrogen-bond acceptors (Lipinski definition) is 5. The fourth-order valence-corrected chi connectivity index (χ4v) is 1.62. The van der Waals surface area contributed by atoms with Crippen molar-refractivity contribution in [1.29, 1.82) is 5.26 Å². The van der Waals surface area contributed by atoms with E-state index in [4.69, 9.17) is 5.26 Å². The summed E-state index contributed by atoms with van der Waals surface area (Å²) in [6.07, 6.45) is 0. The largest absolute Gasteiger partial charge is 0.373 e. The van der Waals surface area contributed by atoms with Crippen molar-refractivity contribution < 1.29 is 9.72 Å². The number of rotatable bonds is 6. The molecular weight excluding hydrogens is 272 g/mol. The van der Waals surface area contributed by atoms with Gasteiger partial charge >= 0.3 is 0 Å². The van der Waals surface area contributed by atoms with Crippen LogP contribution in [-0.2, 0) is 4.79 Å². The van der Waals surface area contributed by atoms with Crippen molar-refractivity contribution in [2.24, 2.45) is 5.92 Å². The molecule has 1 amide bonds. The van der Waals surface area contributed by atoms with Gasteiger partial charge in [0.2, 0.25) is 5.91 Å². The average Bonchev–Trinajstić information content (AvgIpc) is 2.44. The first kappa shape index (κ1) is 16.4. The summed E-state index contributed by atoms with van der Waals surface area (Å²) < 4.78 is 0. The van der Waals surface area contributed by atoms with Gasteiger partial charge in [-0.3, -0.25) is 14.9 Å². The minimum Gasteiger partial charge on any atom is -0.373 e. The van der Waals surface area contributed by atoms with Gasteiger partial charge in [-0.25, -0.2) is 0 Å². The molecule has 7 nitrogen and oxygen atoms in total. The second-order valence-corrected chi connectivity index (χ2v) is 5.10. The van der Waals surface area contributed by atoms with Crippen LogP contribution in [0.5, 0.6) is 0 Å². The van der Waals surface area contributed by atoms with Crippen LogP contribution >= 0.6 is 0 Å². The Kier molecular flexibility index (Phi) is 5.67. The third kappa shape index (κ3) is 4.76. The van der Waals surface area contributed by atoms with Crippen LogP contribution in [-0.4, -0.2) is 23.4 Å². The Bertz CT molecular complexity index is 578. The van der Waals surface area contributed by atoms with Crippen molar-refractivity contribution in [2.75, 3.05) is 11.9 Å². The summed E-state index contributed by atoms with van der Waals surface area (Å²) in [6, 6.07) is 5.25. The first-order chi connectivity index (χ1) is 9.85. The van der Waals surface area contributed by atoms with Crippen LogP contribution in [0.1, 0.15) is 26.3 Å². The zero-order valence-corrected chi connectivity index (χ0v) is 12.2. The van der Waals surface area contributed by atoms with Crippen LogP contribution < -0.4 is 10.6 Å².